The summed E-state index contributed by atoms with van der Waals surface area (Å²) in [7, 11) is 0. The maximum absolute atomic E-state index is 13.6. The highest BCUT2D eigenvalue weighted by Gasteiger charge is 2.19. The first-order chi connectivity index (χ1) is 16.9. The highest BCUT2D eigenvalue weighted by atomic mass is 19.1. The molecule has 1 aromatic heterocycles. The van der Waals surface area contributed by atoms with Crippen molar-refractivity contribution < 1.29 is 37.7 Å². The minimum absolute atomic E-state index is 0.0324. The molecular weight excluding hydrogens is 459 g/mol. The second kappa shape index (κ2) is 10.1. The van der Waals surface area contributed by atoms with Crippen molar-refractivity contribution in [1.29, 1.82) is 0 Å². The van der Waals surface area contributed by atoms with Crippen LogP contribution in [0, 0.1) is 5.82 Å². The summed E-state index contributed by atoms with van der Waals surface area (Å²) in [6, 6.07) is 15.8. The molecule has 9 heteroatoms. The Balaban J connectivity index is 1.54. The van der Waals surface area contributed by atoms with Gasteiger partial charge in [0, 0.05) is 23.8 Å². The van der Waals surface area contributed by atoms with E-state index in [1.54, 1.807) is 31.2 Å². The predicted octanol–water partition coefficient (Wildman–Crippen LogP) is 4.47. The SMILES string of the molecule is CCOC(=O)c1cc(F)ccc1OC(=O)COc1cc(O)c2c(=O)cc(-c3ccccc3)oc2c1. The van der Waals surface area contributed by atoms with Crippen molar-refractivity contribution in [2.75, 3.05) is 13.2 Å². The third kappa shape index (κ3) is 5.30. The van der Waals surface area contributed by atoms with Gasteiger partial charge in [-0.3, -0.25) is 4.79 Å². The van der Waals surface area contributed by atoms with Crippen molar-refractivity contribution >= 4 is 22.9 Å². The zero-order valence-corrected chi connectivity index (χ0v) is 18.4. The molecule has 35 heavy (non-hydrogen) atoms. The van der Waals surface area contributed by atoms with Crippen molar-refractivity contribution in [3.8, 4) is 28.6 Å². The summed E-state index contributed by atoms with van der Waals surface area (Å²) in [6.07, 6.45) is 0. The Morgan fingerprint density at radius 2 is 1.80 bits per heavy atom. The first kappa shape index (κ1) is 23.5. The zero-order valence-electron chi connectivity index (χ0n) is 18.4. The van der Waals surface area contributed by atoms with E-state index in [1.165, 1.54) is 12.1 Å². The van der Waals surface area contributed by atoms with Crippen molar-refractivity contribution in [2.24, 2.45) is 0 Å². The van der Waals surface area contributed by atoms with Gasteiger partial charge in [-0.15, -0.1) is 0 Å². The molecule has 178 valence electrons. The number of phenols is 1. The van der Waals surface area contributed by atoms with Crippen molar-refractivity contribution in [1.82, 2.24) is 0 Å². The molecule has 0 saturated carbocycles. The van der Waals surface area contributed by atoms with Crippen LogP contribution in [0.15, 0.2) is 75.9 Å². The van der Waals surface area contributed by atoms with Gasteiger partial charge in [-0.25, -0.2) is 14.0 Å². The summed E-state index contributed by atoms with van der Waals surface area (Å²) in [5.41, 5.74) is 0.0237. The van der Waals surface area contributed by atoms with E-state index in [1.807, 2.05) is 6.07 Å². The lowest BCUT2D eigenvalue weighted by atomic mass is 10.1. The van der Waals surface area contributed by atoms with Gasteiger partial charge in [0.15, 0.2) is 12.0 Å². The molecular formula is C26H19FO8. The van der Waals surface area contributed by atoms with Gasteiger partial charge < -0.3 is 23.7 Å². The Bertz CT molecular complexity index is 1460. The molecule has 0 atom stereocenters. The van der Waals surface area contributed by atoms with Gasteiger partial charge in [-0.05, 0) is 25.1 Å². The minimum Gasteiger partial charge on any atom is -0.507 e. The van der Waals surface area contributed by atoms with Gasteiger partial charge in [0.05, 0.1) is 6.61 Å². The van der Waals surface area contributed by atoms with Crippen LogP contribution in [0.25, 0.3) is 22.3 Å². The molecule has 1 N–H and O–H groups in total. The number of hydrogen-bond acceptors (Lipinski definition) is 8. The number of phenolic OH excluding ortho intramolecular Hbond substituents is 1. The smallest absolute Gasteiger partial charge is 0.349 e. The Morgan fingerprint density at radius 3 is 2.54 bits per heavy atom. The number of rotatable bonds is 7. The molecule has 0 amide bonds. The topological polar surface area (TPSA) is 112 Å². The molecule has 0 bridgehead atoms. The fraction of sp³-hybridized carbons (Fsp3) is 0.115. The molecule has 0 radical (unpaired) electrons. The number of benzene rings is 3. The van der Waals surface area contributed by atoms with Crippen LogP contribution in [0.3, 0.4) is 0 Å². The highest BCUT2D eigenvalue weighted by molar-refractivity contribution is 5.93. The Hall–Kier alpha value is -4.66. The third-order valence-electron chi connectivity index (χ3n) is 4.86. The molecule has 0 saturated heterocycles. The average molecular weight is 478 g/mol. The normalized spacial score (nSPS) is 10.7. The van der Waals surface area contributed by atoms with Crippen LogP contribution >= 0.6 is 0 Å². The number of halogens is 1. The summed E-state index contributed by atoms with van der Waals surface area (Å²) in [5, 5.41) is 10.3. The third-order valence-corrected chi connectivity index (χ3v) is 4.86. The number of fused-ring (bicyclic) bond motifs is 1. The fourth-order valence-corrected chi connectivity index (χ4v) is 3.33. The summed E-state index contributed by atoms with van der Waals surface area (Å²) < 4.78 is 34.7. The predicted molar refractivity (Wildman–Crippen MR) is 123 cm³/mol. The Morgan fingerprint density at radius 1 is 1.03 bits per heavy atom. The van der Waals surface area contributed by atoms with E-state index >= 15 is 0 Å². The standard InChI is InChI=1S/C26H19FO8/c1-2-32-26(31)18-10-16(27)8-9-21(18)35-24(30)14-33-17-11-19(28)25-20(29)13-22(34-23(25)12-17)15-6-4-3-5-7-15/h3-13,28H,2,14H2,1H3. The highest BCUT2D eigenvalue weighted by Crippen LogP contribution is 2.31. The fourth-order valence-electron chi connectivity index (χ4n) is 3.33. The zero-order chi connectivity index (χ0) is 24.9. The molecule has 4 rings (SSSR count). The van der Waals surface area contributed by atoms with Crippen molar-refractivity contribution in [3.63, 3.8) is 0 Å². The van der Waals surface area contributed by atoms with Gasteiger partial charge in [0.25, 0.3) is 0 Å². The largest absolute Gasteiger partial charge is 0.507 e. The quantitative estimate of drug-likeness (QED) is 0.306. The number of ether oxygens (including phenoxy) is 3. The van der Waals surface area contributed by atoms with Crippen LogP contribution in [-0.4, -0.2) is 30.3 Å². The lowest BCUT2D eigenvalue weighted by molar-refractivity contribution is -0.136. The second-order valence-corrected chi connectivity index (χ2v) is 7.28. The lowest BCUT2D eigenvalue weighted by Gasteiger charge is -2.11. The number of carbonyl (C=O) groups excluding carboxylic acids is 2. The first-order valence-electron chi connectivity index (χ1n) is 10.5. The maximum atomic E-state index is 13.6. The molecule has 0 aliphatic rings. The monoisotopic (exact) mass is 478 g/mol. The molecule has 0 unspecified atom stereocenters. The van der Waals surface area contributed by atoms with Crippen LogP contribution in [0.5, 0.6) is 17.2 Å². The number of carbonyl (C=O) groups is 2. The average Bonchev–Trinajstić information content (AvgIpc) is 2.84. The van der Waals surface area contributed by atoms with E-state index in [9.17, 15) is 23.9 Å². The summed E-state index contributed by atoms with van der Waals surface area (Å²) in [6.45, 7) is 1.02. The minimum atomic E-state index is -0.902. The van der Waals surface area contributed by atoms with Gasteiger partial charge in [-0.2, -0.15) is 0 Å². The van der Waals surface area contributed by atoms with Gasteiger partial charge >= 0.3 is 11.9 Å². The van der Waals surface area contributed by atoms with Gasteiger partial charge in [0.1, 0.15) is 45.4 Å². The van der Waals surface area contributed by atoms with E-state index in [0.717, 1.165) is 24.3 Å². The molecule has 8 nitrogen and oxygen atoms in total. The number of aromatic hydroxyl groups is 1. The van der Waals surface area contributed by atoms with Crippen molar-refractivity contribution in [3.05, 3.63) is 88.3 Å². The maximum Gasteiger partial charge on any atom is 0.349 e. The summed E-state index contributed by atoms with van der Waals surface area (Å²) >= 11 is 0. The van der Waals surface area contributed by atoms with Crippen molar-refractivity contribution in [2.45, 2.75) is 6.92 Å². The van der Waals surface area contributed by atoms with E-state index < -0.39 is 29.8 Å². The Kier molecular flexibility index (Phi) is 6.77. The molecule has 1 heterocycles. The summed E-state index contributed by atoms with van der Waals surface area (Å²) in [4.78, 5) is 36.9. The second-order valence-electron chi connectivity index (χ2n) is 7.28. The van der Waals surface area contributed by atoms with E-state index in [-0.39, 0.29) is 40.4 Å². The number of esters is 2. The molecule has 0 spiro atoms. The molecule has 0 aliphatic carbocycles. The molecule has 4 aromatic rings. The molecule has 0 aliphatic heterocycles. The van der Waals surface area contributed by atoms with Crippen LogP contribution in [0.4, 0.5) is 4.39 Å². The van der Waals surface area contributed by atoms with E-state index in [4.69, 9.17) is 18.6 Å². The molecule has 0 fully saturated rings. The van der Waals surface area contributed by atoms with Gasteiger partial charge in [0.2, 0.25) is 0 Å². The van der Waals surface area contributed by atoms with E-state index in [2.05, 4.69) is 0 Å². The lowest BCUT2D eigenvalue weighted by Crippen LogP contribution is -2.19. The van der Waals surface area contributed by atoms with Crippen LogP contribution < -0.4 is 14.9 Å². The number of hydrogen-bond donors (Lipinski definition) is 1. The van der Waals surface area contributed by atoms with Gasteiger partial charge in [-0.1, -0.05) is 30.3 Å². The summed E-state index contributed by atoms with van der Waals surface area (Å²) in [5.74, 6) is -2.71. The molecule has 3 aromatic carbocycles. The Labute approximate surface area is 198 Å². The van der Waals surface area contributed by atoms with Crippen LogP contribution in [0.2, 0.25) is 0 Å². The van der Waals surface area contributed by atoms with Crippen LogP contribution in [0.1, 0.15) is 17.3 Å². The van der Waals surface area contributed by atoms with E-state index in [0.29, 0.717) is 11.3 Å². The first-order valence-corrected chi connectivity index (χ1v) is 10.5. The van der Waals surface area contributed by atoms with Crippen LogP contribution in [-0.2, 0) is 9.53 Å².